The highest BCUT2D eigenvalue weighted by atomic mass is 15.2. The minimum absolute atomic E-state index is 0.273. The zero-order valence-corrected chi connectivity index (χ0v) is 14.6. The Labute approximate surface area is 142 Å². The summed E-state index contributed by atoms with van der Waals surface area (Å²) >= 11 is 0. The van der Waals surface area contributed by atoms with Gasteiger partial charge in [-0.15, -0.1) is 0 Å². The van der Waals surface area contributed by atoms with Crippen molar-refractivity contribution < 1.29 is 0 Å². The van der Waals surface area contributed by atoms with Gasteiger partial charge in [-0.1, -0.05) is 37.3 Å². The van der Waals surface area contributed by atoms with E-state index < -0.39 is 0 Å². The lowest BCUT2D eigenvalue weighted by molar-refractivity contribution is 0.586. The highest BCUT2D eigenvalue weighted by Gasteiger charge is 2.27. The number of benzene rings is 1. The number of hydrogen-bond donors (Lipinski definition) is 2. The van der Waals surface area contributed by atoms with E-state index in [1.165, 1.54) is 5.56 Å². The van der Waals surface area contributed by atoms with E-state index in [1.807, 2.05) is 37.3 Å². The molecule has 0 aliphatic rings. The fourth-order valence-electron chi connectivity index (χ4n) is 2.62. The van der Waals surface area contributed by atoms with Gasteiger partial charge >= 0.3 is 0 Å². The van der Waals surface area contributed by atoms with Crippen LogP contribution in [0.15, 0.2) is 42.5 Å². The Balaban J connectivity index is 2.00. The molecule has 0 fully saturated rings. The lowest BCUT2D eigenvalue weighted by atomic mass is 9.83. The Morgan fingerprint density at radius 1 is 1.04 bits per heavy atom. The quantitative estimate of drug-likeness (QED) is 0.741. The zero-order valence-electron chi connectivity index (χ0n) is 14.6. The fraction of sp³-hybridized carbons (Fsp3) is 0.316. The molecule has 0 saturated heterocycles. The molecule has 0 spiro atoms. The van der Waals surface area contributed by atoms with Crippen LogP contribution in [0.4, 0.5) is 11.6 Å². The topological polar surface area (TPSA) is 66.5 Å². The van der Waals surface area contributed by atoms with Crippen LogP contribution in [0.3, 0.4) is 0 Å². The standard InChI is InChI=1S/C19H23N5/c1-5-15-12-16(21-17-11-13(2)23-24-17)22-18(20-15)19(3,4)14-9-7-6-8-10-14/h6-12H,5H2,1-4H3,(H2,20,21,22,23,24). The Kier molecular flexibility index (Phi) is 4.34. The molecule has 0 aliphatic carbocycles. The van der Waals surface area contributed by atoms with E-state index in [0.29, 0.717) is 0 Å². The minimum atomic E-state index is -0.273. The first-order chi connectivity index (χ1) is 11.5. The van der Waals surface area contributed by atoms with Gasteiger partial charge in [0.2, 0.25) is 0 Å². The summed E-state index contributed by atoms with van der Waals surface area (Å²) in [5, 5.41) is 10.4. The number of aromatic amines is 1. The second-order valence-corrected chi connectivity index (χ2v) is 6.47. The lowest BCUT2D eigenvalue weighted by Gasteiger charge is -2.24. The van der Waals surface area contributed by atoms with Gasteiger partial charge in [-0.25, -0.2) is 9.97 Å². The van der Waals surface area contributed by atoms with Crippen LogP contribution in [0.2, 0.25) is 0 Å². The SMILES string of the molecule is CCc1cc(Nc2cc(C)[nH]n2)nc(C(C)(C)c2ccccc2)n1. The maximum atomic E-state index is 4.77. The van der Waals surface area contributed by atoms with Crippen molar-refractivity contribution >= 4 is 11.6 Å². The van der Waals surface area contributed by atoms with Gasteiger partial charge in [-0.05, 0) is 32.8 Å². The monoisotopic (exact) mass is 321 g/mol. The molecule has 0 saturated carbocycles. The molecule has 0 aliphatic heterocycles. The highest BCUT2D eigenvalue weighted by Crippen LogP contribution is 2.30. The number of aromatic nitrogens is 4. The van der Waals surface area contributed by atoms with Crippen LogP contribution >= 0.6 is 0 Å². The van der Waals surface area contributed by atoms with E-state index in [1.54, 1.807) is 0 Å². The lowest BCUT2D eigenvalue weighted by Crippen LogP contribution is -2.23. The summed E-state index contributed by atoms with van der Waals surface area (Å²) in [7, 11) is 0. The molecule has 2 heterocycles. The van der Waals surface area contributed by atoms with Gasteiger partial charge in [0.05, 0.1) is 0 Å². The van der Waals surface area contributed by atoms with E-state index in [9.17, 15) is 0 Å². The van der Waals surface area contributed by atoms with Gasteiger partial charge in [0.15, 0.2) is 5.82 Å². The molecule has 5 nitrogen and oxygen atoms in total. The summed E-state index contributed by atoms with van der Waals surface area (Å²) < 4.78 is 0. The van der Waals surface area contributed by atoms with Gasteiger partial charge in [-0.3, -0.25) is 5.10 Å². The Bertz CT molecular complexity index is 821. The van der Waals surface area contributed by atoms with Crippen LogP contribution in [0.25, 0.3) is 0 Å². The number of H-pyrrole nitrogens is 1. The predicted octanol–water partition coefficient (Wildman–Crippen LogP) is 4.14. The Hall–Kier alpha value is -2.69. The van der Waals surface area contributed by atoms with Gasteiger partial charge < -0.3 is 5.32 Å². The van der Waals surface area contributed by atoms with Crippen LogP contribution in [0.5, 0.6) is 0 Å². The molecular weight excluding hydrogens is 298 g/mol. The molecule has 0 bridgehead atoms. The molecular formula is C19H23N5. The van der Waals surface area contributed by atoms with Gasteiger partial charge in [0.25, 0.3) is 0 Å². The highest BCUT2D eigenvalue weighted by molar-refractivity contribution is 5.52. The van der Waals surface area contributed by atoms with Crippen LogP contribution in [0.1, 0.15) is 43.5 Å². The van der Waals surface area contributed by atoms with Gasteiger partial charge in [0, 0.05) is 28.9 Å². The molecule has 3 aromatic rings. The number of anilines is 2. The third-order valence-electron chi connectivity index (χ3n) is 4.16. The number of hydrogen-bond acceptors (Lipinski definition) is 4. The summed E-state index contributed by atoms with van der Waals surface area (Å²) in [6.07, 6.45) is 0.856. The average Bonchev–Trinajstić information content (AvgIpc) is 3.00. The van der Waals surface area contributed by atoms with Gasteiger partial charge in [-0.2, -0.15) is 5.10 Å². The predicted molar refractivity (Wildman–Crippen MR) is 96.6 cm³/mol. The van der Waals surface area contributed by atoms with Crippen molar-refractivity contribution in [2.75, 3.05) is 5.32 Å². The van der Waals surface area contributed by atoms with Crippen LogP contribution in [-0.2, 0) is 11.8 Å². The van der Waals surface area contributed by atoms with Crippen molar-refractivity contribution in [3.05, 3.63) is 65.2 Å². The van der Waals surface area contributed by atoms with Crippen molar-refractivity contribution in [3.63, 3.8) is 0 Å². The first-order valence-electron chi connectivity index (χ1n) is 8.22. The van der Waals surface area contributed by atoms with E-state index in [0.717, 1.165) is 35.3 Å². The summed E-state index contributed by atoms with van der Waals surface area (Å²) in [6, 6.07) is 14.3. The molecule has 0 atom stereocenters. The third kappa shape index (κ3) is 3.30. The van der Waals surface area contributed by atoms with Crippen molar-refractivity contribution in [2.45, 2.75) is 39.5 Å². The normalized spacial score (nSPS) is 11.5. The zero-order chi connectivity index (χ0) is 17.2. The summed E-state index contributed by atoms with van der Waals surface area (Å²) in [4.78, 5) is 9.53. The molecule has 2 aromatic heterocycles. The number of nitrogens with one attached hydrogen (secondary N) is 2. The van der Waals surface area contributed by atoms with E-state index in [4.69, 9.17) is 9.97 Å². The molecule has 24 heavy (non-hydrogen) atoms. The summed E-state index contributed by atoms with van der Waals surface area (Å²) in [5.74, 6) is 2.34. The second kappa shape index (κ2) is 6.43. The summed E-state index contributed by atoms with van der Waals surface area (Å²) in [5.41, 5.74) is 2.94. The van der Waals surface area contributed by atoms with Crippen LogP contribution < -0.4 is 5.32 Å². The van der Waals surface area contributed by atoms with Gasteiger partial charge in [0.1, 0.15) is 11.6 Å². The largest absolute Gasteiger partial charge is 0.323 e. The number of aryl methyl sites for hydroxylation is 2. The maximum Gasteiger partial charge on any atom is 0.153 e. The minimum Gasteiger partial charge on any atom is -0.323 e. The van der Waals surface area contributed by atoms with E-state index >= 15 is 0 Å². The van der Waals surface area contributed by atoms with Crippen molar-refractivity contribution in [1.29, 1.82) is 0 Å². The first-order valence-corrected chi connectivity index (χ1v) is 8.22. The number of nitrogens with zero attached hydrogens (tertiary/aromatic N) is 3. The Morgan fingerprint density at radius 2 is 1.79 bits per heavy atom. The number of rotatable bonds is 5. The fourth-order valence-corrected chi connectivity index (χ4v) is 2.62. The maximum absolute atomic E-state index is 4.77. The average molecular weight is 321 g/mol. The molecule has 2 N–H and O–H groups in total. The molecule has 124 valence electrons. The molecule has 0 radical (unpaired) electrons. The third-order valence-corrected chi connectivity index (χ3v) is 4.16. The molecule has 0 amide bonds. The molecule has 0 unspecified atom stereocenters. The first kappa shape index (κ1) is 16.2. The van der Waals surface area contributed by atoms with Crippen molar-refractivity contribution in [3.8, 4) is 0 Å². The molecule has 3 rings (SSSR count). The molecule has 5 heteroatoms. The van der Waals surface area contributed by atoms with Crippen LogP contribution in [-0.4, -0.2) is 20.2 Å². The van der Waals surface area contributed by atoms with Crippen LogP contribution in [0, 0.1) is 6.92 Å². The van der Waals surface area contributed by atoms with Crippen molar-refractivity contribution in [2.24, 2.45) is 0 Å². The van der Waals surface area contributed by atoms with Crippen molar-refractivity contribution in [1.82, 2.24) is 20.2 Å². The van der Waals surface area contributed by atoms with E-state index in [-0.39, 0.29) is 5.41 Å². The summed E-state index contributed by atoms with van der Waals surface area (Å²) in [6.45, 7) is 8.38. The van der Waals surface area contributed by atoms with E-state index in [2.05, 4.69) is 48.4 Å². The Morgan fingerprint density at radius 3 is 2.42 bits per heavy atom. The second-order valence-electron chi connectivity index (χ2n) is 6.47. The smallest absolute Gasteiger partial charge is 0.153 e. The molecule has 1 aromatic carbocycles.